The lowest BCUT2D eigenvalue weighted by Gasteiger charge is -2.45. The van der Waals surface area contributed by atoms with Gasteiger partial charge in [-0.3, -0.25) is 9.59 Å². The number of ether oxygens (including phenoxy) is 2. The summed E-state index contributed by atoms with van der Waals surface area (Å²) in [5, 5.41) is 7.38. The van der Waals surface area contributed by atoms with Gasteiger partial charge in [-0.05, 0) is 65.7 Å². The van der Waals surface area contributed by atoms with Crippen molar-refractivity contribution in [2.75, 3.05) is 30.3 Å². The fourth-order valence-corrected chi connectivity index (χ4v) is 7.81. The fourth-order valence-electron chi connectivity index (χ4n) is 6.96. The van der Waals surface area contributed by atoms with Crippen molar-refractivity contribution in [3.05, 3.63) is 57.8 Å². The molecule has 0 unspecified atom stereocenters. The van der Waals surface area contributed by atoms with E-state index in [0.717, 1.165) is 0 Å². The van der Waals surface area contributed by atoms with Gasteiger partial charge in [0.2, 0.25) is 0 Å². The van der Waals surface area contributed by atoms with Gasteiger partial charge in [0.1, 0.15) is 40.0 Å². The predicted molar refractivity (Wildman–Crippen MR) is 194 cm³/mol. The van der Waals surface area contributed by atoms with Crippen LogP contribution < -0.4 is 26.4 Å². The number of amides is 3. The number of hydrogen-bond donors (Lipinski definition) is 3. The number of fused-ring (bicyclic) bond motifs is 1. The number of likely N-dealkylation sites (tertiary alicyclic amines) is 1. The molecule has 2 aliphatic heterocycles. The Morgan fingerprint density at radius 3 is 2.53 bits per heavy atom. The zero-order chi connectivity index (χ0) is 38.4. The largest absolute Gasteiger partial charge is 0.489 e. The molecule has 0 radical (unpaired) electrons. The third-order valence-electron chi connectivity index (χ3n) is 9.37. The topological polar surface area (TPSA) is 170 Å². The highest BCUT2D eigenvalue weighted by Crippen LogP contribution is 2.40. The molecule has 2 fully saturated rings. The van der Waals surface area contributed by atoms with Gasteiger partial charge in [0.05, 0.1) is 21.8 Å². The van der Waals surface area contributed by atoms with E-state index in [2.05, 4.69) is 15.4 Å². The number of alkyl halides is 2. The van der Waals surface area contributed by atoms with Gasteiger partial charge in [-0.25, -0.2) is 27.5 Å². The fraction of sp³-hybridized carbons (Fsp3) is 0.472. The van der Waals surface area contributed by atoms with Gasteiger partial charge in [-0.15, -0.1) is 11.3 Å². The Balaban J connectivity index is 1.20. The van der Waals surface area contributed by atoms with Crippen molar-refractivity contribution in [1.82, 2.24) is 24.8 Å². The van der Waals surface area contributed by atoms with Crippen molar-refractivity contribution in [3.63, 3.8) is 0 Å². The van der Waals surface area contributed by atoms with Gasteiger partial charge < -0.3 is 36.1 Å². The molecule has 3 aromatic heterocycles. The number of carbonyl (C=O) groups excluding carboxylic acids is 3. The maximum absolute atomic E-state index is 14.8. The zero-order valence-corrected chi connectivity index (χ0v) is 30.9. The number of thiophene rings is 1. The summed E-state index contributed by atoms with van der Waals surface area (Å²) in [5.74, 6) is -1.95. The average Bonchev–Trinajstić information content (AvgIpc) is 3.67. The maximum atomic E-state index is 14.8. The van der Waals surface area contributed by atoms with Gasteiger partial charge in [0.25, 0.3) is 18.2 Å². The zero-order valence-electron chi connectivity index (χ0n) is 30.1. The van der Waals surface area contributed by atoms with Gasteiger partial charge in [-0.1, -0.05) is 6.07 Å². The molecule has 0 bridgehead atoms. The van der Waals surface area contributed by atoms with Gasteiger partial charge in [0.15, 0.2) is 5.82 Å². The highest BCUT2D eigenvalue weighted by molar-refractivity contribution is 7.14. The van der Waals surface area contributed by atoms with Gasteiger partial charge >= 0.3 is 6.09 Å². The van der Waals surface area contributed by atoms with Crippen LogP contribution in [0.2, 0.25) is 0 Å². The molecule has 53 heavy (non-hydrogen) atoms. The van der Waals surface area contributed by atoms with Crippen molar-refractivity contribution < 1.29 is 37.0 Å². The first-order chi connectivity index (χ1) is 24.9. The second-order valence-corrected chi connectivity index (χ2v) is 16.0. The molecule has 2 atom stereocenters. The number of aromatic nitrogens is 3. The highest BCUT2D eigenvalue weighted by Gasteiger charge is 2.41. The Labute approximate surface area is 308 Å². The van der Waals surface area contributed by atoms with Crippen LogP contribution in [0.3, 0.4) is 0 Å². The summed E-state index contributed by atoms with van der Waals surface area (Å²) in [4.78, 5) is 45.9. The molecule has 0 aliphatic carbocycles. The summed E-state index contributed by atoms with van der Waals surface area (Å²) >= 11 is 0.689. The minimum absolute atomic E-state index is 0.0421. The monoisotopic (exact) mass is 756 g/mol. The summed E-state index contributed by atoms with van der Waals surface area (Å²) in [5.41, 5.74) is 12.1. The van der Waals surface area contributed by atoms with Crippen LogP contribution in [0.15, 0.2) is 36.7 Å². The summed E-state index contributed by atoms with van der Waals surface area (Å²) in [6.07, 6.45) is -0.289. The molecule has 2 saturated heterocycles. The minimum Gasteiger partial charge on any atom is -0.489 e. The first kappa shape index (κ1) is 37.7. The Morgan fingerprint density at radius 1 is 1.11 bits per heavy atom. The Bertz CT molecular complexity index is 2040. The molecule has 5 N–H and O–H groups in total. The van der Waals surface area contributed by atoms with E-state index in [1.165, 1.54) is 24.5 Å². The summed E-state index contributed by atoms with van der Waals surface area (Å²) in [6.45, 7) is 10.4. The predicted octanol–water partition coefficient (Wildman–Crippen LogP) is 6.17. The number of anilines is 2. The van der Waals surface area contributed by atoms with Crippen LogP contribution in [0.5, 0.6) is 5.75 Å². The molecule has 2 aliphatic rings. The lowest BCUT2D eigenvalue weighted by molar-refractivity contribution is -0.0262. The molecule has 5 heterocycles. The Kier molecular flexibility index (Phi) is 10.2. The van der Waals surface area contributed by atoms with Crippen LogP contribution in [-0.2, 0) is 4.74 Å². The molecule has 0 saturated carbocycles. The van der Waals surface area contributed by atoms with Crippen LogP contribution in [-0.4, -0.2) is 80.3 Å². The SMILES string of the molecule is CC(C)(C)OC(=O)N1CC[C@@H](Oc2cc(C(F)F)sc2C(=O)N[C@@H]2CCCN(c3cc(-c4ccc(C(N)=O)c(F)c4)n4ncnc(N)c34)C2)CC1(C)C. The molecular weight excluding hydrogens is 714 g/mol. The van der Waals surface area contributed by atoms with E-state index in [4.69, 9.17) is 20.9 Å². The molecule has 1 aromatic carbocycles. The Morgan fingerprint density at radius 2 is 1.87 bits per heavy atom. The average molecular weight is 757 g/mol. The van der Waals surface area contributed by atoms with E-state index in [1.807, 2.05) is 18.7 Å². The number of carbonyl (C=O) groups is 3. The number of benzene rings is 1. The quantitative estimate of drug-likeness (QED) is 0.190. The summed E-state index contributed by atoms with van der Waals surface area (Å²) in [7, 11) is 0. The molecule has 17 heteroatoms. The summed E-state index contributed by atoms with van der Waals surface area (Å²) in [6, 6.07) is 6.70. The molecule has 4 aromatic rings. The number of halogens is 3. The molecule has 284 valence electrons. The van der Waals surface area contributed by atoms with Crippen molar-refractivity contribution in [2.45, 2.75) is 90.0 Å². The number of nitrogens with one attached hydrogen (secondary N) is 1. The third-order valence-corrected chi connectivity index (χ3v) is 10.5. The molecule has 6 rings (SSSR count). The second kappa shape index (κ2) is 14.4. The van der Waals surface area contributed by atoms with E-state index >= 15 is 0 Å². The number of rotatable bonds is 8. The van der Waals surface area contributed by atoms with E-state index < -0.39 is 47.4 Å². The van der Waals surface area contributed by atoms with Gasteiger partial charge in [-0.2, -0.15) is 5.10 Å². The normalized spacial score (nSPS) is 19.0. The van der Waals surface area contributed by atoms with Crippen molar-refractivity contribution in [1.29, 1.82) is 0 Å². The highest BCUT2D eigenvalue weighted by atomic mass is 32.1. The minimum atomic E-state index is -2.80. The van der Waals surface area contributed by atoms with Crippen LogP contribution >= 0.6 is 11.3 Å². The van der Waals surface area contributed by atoms with Crippen LogP contribution in [0.1, 0.15) is 91.6 Å². The van der Waals surface area contributed by atoms with Gasteiger partial charge in [0, 0.05) is 55.7 Å². The molecule has 13 nitrogen and oxygen atoms in total. The lowest BCUT2D eigenvalue weighted by Crippen LogP contribution is -2.56. The smallest absolute Gasteiger partial charge is 0.410 e. The summed E-state index contributed by atoms with van der Waals surface area (Å²) < 4.78 is 56.1. The van der Waals surface area contributed by atoms with E-state index in [1.54, 1.807) is 42.3 Å². The van der Waals surface area contributed by atoms with E-state index in [0.29, 0.717) is 79.1 Å². The standard InChI is InChI=1S/C36H43F3N8O5S/c1-35(2,3)52-34(50)46-12-10-21(16-36(46,4)5)51-26-15-27(30(38)39)53-29(26)33(49)44-20-7-6-11-45(17-20)25-14-24(47-28(25)31(40)42-18-43-47)19-8-9-22(32(41)48)23(37)13-19/h8-9,13-15,18,20-21,30H,6-7,10-12,16-17H2,1-5H3,(H2,41,48)(H,44,49)(H2,40,42,43)/t20-,21-/m1/s1. The Hall–Kier alpha value is -5.06. The number of hydrogen-bond acceptors (Lipinski definition) is 10. The van der Waals surface area contributed by atoms with Crippen LogP contribution in [0, 0.1) is 5.82 Å². The third kappa shape index (κ3) is 7.99. The van der Waals surface area contributed by atoms with Crippen molar-refractivity contribution in [3.8, 4) is 17.0 Å². The lowest BCUT2D eigenvalue weighted by atomic mass is 9.89. The number of primary amides is 1. The van der Waals surface area contributed by atoms with E-state index in [9.17, 15) is 27.6 Å². The number of nitrogens with zero attached hydrogens (tertiary/aromatic N) is 5. The van der Waals surface area contributed by atoms with E-state index in [-0.39, 0.29) is 32.9 Å². The molecule has 3 amide bonds. The van der Waals surface area contributed by atoms with Crippen molar-refractivity contribution in [2.24, 2.45) is 5.73 Å². The first-order valence-corrected chi connectivity index (χ1v) is 18.1. The number of nitrogen functional groups attached to an aromatic ring is 1. The van der Waals surface area contributed by atoms with Crippen LogP contribution in [0.4, 0.5) is 29.5 Å². The second-order valence-electron chi connectivity index (χ2n) is 15.0. The number of piperidine rings is 2. The van der Waals surface area contributed by atoms with Crippen LogP contribution in [0.25, 0.3) is 16.8 Å². The van der Waals surface area contributed by atoms with Crippen molar-refractivity contribution >= 4 is 46.3 Å². The maximum Gasteiger partial charge on any atom is 0.410 e. The molecule has 0 spiro atoms. The molecular formula is C36H43F3N8O5S. The number of nitrogens with two attached hydrogens (primary N) is 2. The first-order valence-electron chi connectivity index (χ1n) is 17.3.